The van der Waals surface area contributed by atoms with Crippen molar-refractivity contribution in [2.75, 3.05) is 19.7 Å². The first-order chi connectivity index (χ1) is 11.9. The van der Waals surface area contributed by atoms with Crippen molar-refractivity contribution in [2.45, 2.75) is 26.1 Å². The fourth-order valence-corrected chi connectivity index (χ4v) is 3.12. The Kier molecular flexibility index (Phi) is 6.32. The summed E-state index contributed by atoms with van der Waals surface area (Å²) in [6.07, 6.45) is 3.75. The lowest BCUT2D eigenvalue weighted by Gasteiger charge is -2.19. The van der Waals surface area contributed by atoms with Crippen LogP contribution in [0, 0.1) is 5.92 Å². The van der Waals surface area contributed by atoms with Crippen molar-refractivity contribution < 1.29 is 4.74 Å². The molecule has 2 atom stereocenters. The second-order valence-corrected chi connectivity index (χ2v) is 6.09. The molecule has 1 fully saturated rings. The zero-order valence-electron chi connectivity index (χ0n) is 14.2. The summed E-state index contributed by atoms with van der Waals surface area (Å²) in [5, 5.41) is 3.60. The summed E-state index contributed by atoms with van der Waals surface area (Å²) in [5.41, 5.74) is 10.4. The average Bonchev–Trinajstić information content (AvgIpc) is 3.10. The van der Waals surface area contributed by atoms with E-state index in [4.69, 9.17) is 4.74 Å². The van der Waals surface area contributed by atoms with Gasteiger partial charge in [0.25, 0.3) is 0 Å². The fourth-order valence-electron chi connectivity index (χ4n) is 3.12. The van der Waals surface area contributed by atoms with Crippen molar-refractivity contribution in [3.8, 4) is 0 Å². The van der Waals surface area contributed by atoms with Gasteiger partial charge in [0.15, 0.2) is 0 Å². The molecule has 3 N–H and O–H groups in total. The van der Waals surface area contributed by atoms with Crippen LogP contribution in [0.25, 0.3) is 0 Å². The van der Waals surface area contributed by atoms with E-state index in [-0.39, 0.29) is 0 Å². The van der Waals surface area contributed by atoms with Crippen LogP contribution in [0.4, 0.5) is 0 Å². The number of hydrogen-bond acceptors (Lipinski definition) is 5. The topological polar surface area (TPSA) is 58.2 Å². The Morgan fingerprint density at radius 1 is 1.21 bits per heavy atom. The molecule has 0 bridgehead atoms. The van der Waals surface area contributed by atoms with Crippen LogP contribution in [0.15, 0.2) is 48.8 Å². The summed E-state index contributed by atoms with van der Waals surface area (Å²) >= 11 is 0. The molecule has 5 nitrogen and oxygen atoms in total. The number of ether oxygens (including phenoxy) is 1. The Balaban J connectivity index is 1.55. The molecule has 0 spiro atoms. The summed E-state index contributed by atoms with van der Waals surface area (Å²) in [6.45, 7) is 6.21. The first-order valence-corrected chi connectivity index (χ1v) is 8.62. The van der Waals surface area contributed by atoms with Crippen LogP contribution in [0.2, 0.25) is 0 Å². The molecule has 24 heavy (non-hydrogen) atoms. The van der Waals surface area contributed by atoms with E-state index in [1.807, 2.05) is 25.4 Å². The summed E-state index contributed by atoms with van der Waals surface area (Å²) in [6, 6.07) is 12.9. The normalized spacial score (nSPS) is 20.4. The summed E-state index contributed by atoms with van der Waals surface area (Å²) in [5.74, 6) is 0.494. The van der Waals surface area contributed by atoms with Gasteiger partial charge in [0.05, 0.1) is 12.6 Å². The maximum absolute atomic E-state index is 5.56. The highest BCUT2D eigenvalue weighted by molar-refractivity contribution is 5.26. The van der Waals surface area contributed by atoms with Crippen molar-refractivity contribution in [2.24, 2.45) is 5.92 Å². The Morgan fingerprint density at radius 2 is 2.08 bits per heavy atom. The van der Waals surface area contributed by atoms with E-state index < -0.39 is 0 Å². The lowest BCUT2D eigenvalue weighted by molar-refractivity contribution is 0.133. The highest BCUT2D eigenvalue weighted by Crippen LogP contribution is 2.23. The molecule has 1 aromatic carbocycles. The van der Waals surface area contributed by atoms with Crippen LogP contribution < -0.4 is 16.2 Å². The molecule has 0 radical (unpaired) electrons. The molecule has 1 aliphatic heterocycles. The van der Waals surface area contributed by atoms with Crippen LogP contribution >= 0.6 is 0 Å². The molecule has 2 aromatic rings. The predicted octanol–water partition coefficient (Wildman–Crippen LogP) is 2.17. The van der Waals surface area contributed by atoms with E-state index in [9.17, 15) is 0 Å². The van der Waals surface area contributed by atoms with Gasteiger partial charge in [-0.15, -0.1) is 0 Å². The van der Waals surface area contributed by atoms with Gasteiger partial charge in [-0.1, -0.05) is 30.3 Å². The predicted molar refractivity (Wildman–Crippen MR) is 95.1 cm³/mol. The van der Waals surface area contributed by atoms with Gasteiger partial charge in [-0.25, -0.2) is 5.43 Å². The Labute approximate surface area is 143 Å². The number of hydrogen-bond donors (Lipinski definition) is 3. The molecule has 1 saturated heterocycles. The van der Waals surface area contributed by atoms with Crippen molar-refractivity contribution in [1.29, 1.82) is 0 Å². The standard InChI is InChI=1S/C19H26N4O/c1-2-24-14-17-7-4-3-6-15(17)10-21-12-18-13-22-23-19(18)16-8-5-9-20-11-16/h3-9,11,18-19,21-23H,2,10,12-14H2,1H3. The number of rotatable bonds is 8. The van der Waals surface area contributed by atoms with Gasteiger partial charge >= 0.3 is 0 Å². The van der Waals surface area contributed by atoms with Gasteiger partial charge in [0, 0.05) is 44.6 Å². The van der Waals surface area contributed by atoms with Crippen LogP contribution in [0.3, 0.4) is 0 Å². The quantitative estimate of drug-likeness (QED) is 0.694. The van der Waals surface area contributed by atoms with E-state index in [2.05, 4.69) is 51.5 Å². The minimum atomic E-state index is 0.296. The van der Waals surface area contributed by atoms with E-state index in [0.717, 1.165) is 26.2 Å². The summed E-state index contributed by atoms with van der Waals surface area (Å²) in [7, 11) is 0. The van der Waals surface area contributed by atoms with Gasteiger partial charge in [0.1, 0.15) is 0 Å². The van der Waals surface area contributed by atoms with E-state index in [0.29, 0.717) is 18.6 Å². The van der Waals surface area contributed by atoms with Crippen molar-refractivity contribution in [3.05, 3.63) is 65.5 Å². The lowest BCUT2D eigenvalue weighted by atomic mass is 9.96. The van der Waals surface area contributed by atoms with Crippen LogP contribution in [-0.2, 0) is 17.9 Å². The average molecular weight is 326 g/mol. The molecule has 0 aliphatic carbocycles. The van der Waals surface area contributed by atoms with Crippen LogP contribution in [0.5, 0.6) is 0 Å². The first kappa shape index (κ1) is 17.0. The smallest absolute Gasteiger partial charge is 0.0719 e. The van der Waals surface area contributed by atoms with E-state index in [1.54, 1.807) is 0 Å². The van der Waals surface area contributed by atoms with E-state index in [1.165, 1.54) is 16.7 Å². The number of hydrazine groups is 1. The molecular formula is C19H26N4O. The summed E-state index contributed by atoms with van der Waals surface area (Å²) in [4.78, 5) is 4.23. The van der Waals surface area contributed by atoms with Gasteiger partial charge in [-0.05, 0) is 29.7 Å². The largest absolute Gasteiger partial charge is 0.377 e. The van der Waals surface area contributed by atoms with Crippen LogP contribution in [-0.4, -0.2) is 24.7 Å². The number of benzene rings is 1. The minimum absolute atomic E-state index is 0.296. The van der Waals surface area contributed by atoms with Gasteiger partial charge in [-0.3, -0.25) is 10.4 Å². The molecule has 0 amide bonds. The molecule has 0 saturated carbocycles. The second kappa shape index (κ2) is 8.89. The number of nitrogens with zero attached hydrogens (tertiary/aromatic N) is 1. The molecule has 1 aromatic heterocycles. The van der Waals surface area contributed by atoms with E-state index >= 15 is 0 Å². The third-order valence-electron chi connectivity index (χ3n) is 4.44. The SMILES string of the molecule is CCOCc1ccccc1CNCC1CNNC1c1cccnc1. The first-order valence-electron chi connectivity index (χ1n) is 8.62. The zero-order chi connectivity index (χ0) is 16.6. The Bertz CT molecular complexity index is 620. The fraction of sp³-hybridized carbons (Fsp3) is 0.421. The van der Waals surface area contributed by atoms with Gasteiger partial charge < -0.3 is 10.1 Å². The third-order valence-corrected chi connectivity index (χ3v) is 4.44. The highest BCUT2D eigenvalue weighted by atomic mass is 16.5. The molecule has 2 unspecified atom stereocenters. The Hall–Kier alpha value is -1.79. The van der Waals surface area contributed by atoms with Gasteiger partial charge in [0.2, 0.25) is 0 Å². The van der Waals surface area contributed by atoms with Gasteiger partial charge in [-0.2, -0.15) is 0 Å². The molecule has 3 rings (SSSR count). The van der Waals surface area contributed by atoms with Crippen molar-refractivity contribution in [3.63, 3.8) is 0 Å². The van der Waals surface area contributed by atoms with Crippen molar-refractivity contribution >= 4 is 0 Å². The third kappa shape index (κ3) is 4.39. The molecule has 5 heteroatoms. The minimum Gasteiger partial charge on any atom is -0.377 e. The highest BCUT2D eigenvalue weighted by Gasteiger charge is 2.27. The lowest BCUT2D eigenvalue weighted by Crippen LogP contribution is -2.28. The molecule has 2 heterocycles. The number of pyridine rings is 1. The maximum atomic E-state index is 5.56. The number of aromatic nitrogens is 1. The maximum Gasteiger partial charge on any atom is 0.0719 e. The Morgan fingerprint density at radius 3 is 2.88 bits per heavy atom. The molecule has 1 aliphatic rings. The monoisotopic (exact) mass is 326 g/mol. The zero-order valence-corrected chi connectivity index (χ0v) is 14.2. The number of nitrogens with one attached hydrogen (secondary N) is 3. The van der Waals surface area contributed by atoms with Crippen LogP contribution in [0.1, 0.15) is 29.7 Å². The summed E-state index contributed by atoms with van der Waals surface area (Å²) < 4.78 is 5.56. The molecular weight excluding hydrogens is 300 g/mol. The second-order valence-electron chi connectivity index (χ2n) is 6.09. The van der Waals surface area contributed by atoms with Crippen molar-refractivity contribution in [1.82, 2.24) is 21.2 Å². The molecule has 128 valence electrons.